The average molecular weight is 443 g/mol. The Labute approximate surface area is 193 Å². The summed E-state index contributed by atoms with van der Waals surface area (Å²) in [5.41, 5.74) is 3.61. The number of nitrogens with one attached hydrogen (secondary N) is 2. The molecule has 0 radical (unpaired) electrons. The van der Waals surface area contributed by atoms with Crippen LogP contribution in [0.25, 0.3) is 21.8 Å². The molecule has 170 valence electrons. The molecule has 2 fully saturated rings. The highest BCUT2D eigenvalue weighted by atomic mass is 15.3. The van der Waals surface area contributed by atoms with Crippen molar-refractivity contribution < 1.29 is 0 Å². The van der Waals surface area contributed by atoms with Gasteiger partial charge in [-0.05, 0) is 63.7 Å². The van der Waals surface area contributed by atoms with Gasteiger partial charge >= 0.3 is 0 Å². The van der Waals surface area contributed by atoms with Crippen LogP contribution in [0.3, 0.4) is 0 Å². The Kier molecular flexibility index (Phi) is 4.90. The number of anilines is 3. The molecule has 0 saturated carbocycles. The average Bonchev–Trinajstić information content (AvgIpc) is 3.45. The third-order valence-corrected chi connectivity index (χ3v) is 7.25. The van der Waals surface area contributed by atoms with E-state index in [9.17, 15) is 0 Å². The van der Waals surface area contributed by atoms with E-state index in [-0.39, 0.29) is 6.04 Å². The van der Waals surface area contributed by atoms with Crippen molar-refractivity contribution in [2.24, 2.45) is 5.41 Å². The Balaban J connectivity index is 1.23. The first-order valence-electron chi connectivity index (χ1n) is 11.9. The first-order chi connectivity index (χ1) is 16.1. The van der Waals surface area contributed by atoms with Crippen LogP contribution >= 0.6 is 0 Å². The van der Waals surface area contributed by atoms with E-state index in [1.54, 1.807) is 0 Å². The summed E-state index contributed by atoms with van der Waals surface area (Å²) in [5.74, 6) is 1.29. The van der Waals surface area contributed by atoms with E-state index in [1.807, 2.05) is 35.4 Å². The molecular weight excluding hydrogens is 412 g/mol. The summed E-state index contributed by atoms with van der Waals surface area (Å²) in [6.45, 7) is 8.79. The van der Waals surface area contributed by atoms with E-state index in [2.05, 4.69) is 56.6 Å². The third kappa shape index (κ3) is 3.68. The molecule has 3 aromatic heterocycles. The Morgan fingerprint density at radius 1 is 0.970 bits per heavy atom. The maximum absolute atomic E-state index is 4.83. The first-order valence-corrected chi connectivity index (χ1v) is 11.9. The van der Waals surface area contributed by atoms with Crippen LogP contribution in [0, 0.1) is 5.41 Å². The van der Waals surface area contributed by atoms with E-state index >= 15 is 0 Å². The SMILES string of the molecule is CC(C)n1ncc2ccc3cnc(Nc4ccc(N5CCC6(CCNCC6)C5)cn4)nc3c21. The number of pyridine rings is 1. The molecule has 2 N–H and O–H groups in total. The van der Waals surface area contributed by atoms with Crippen LogP contribution in [0.4, 0.5) is 17.5 Å². The van der Waals surface area contributed by atoms with Gasteiger partial charge in [0.2, 0.25) is 5.95 Å². The minimum absolute atomic E-state index is 0.253. The Bertz CT molecular complexity index is 1290. The monoisotopic (exact) mass is 442 g/mol. The Morgan fingerprint density at radius 2 is 1.82 bits per heavy atom. The molecule has 2 aliphatic rings. The summed E-state index contributed by atoms with van der Waals surface area (Å²) in [4.78, 5) is 16.5. The van der Waals surface area contributed by atoms with Gasteiger partial charge in [-0.25, -0.2) is 15.0 Å². The van der Waals surface area contributed by atoms with E-state index < -0.39 is 0 Å². The van der Waals surface area contributed by atoms with Crippen molar-refractivity contribution in [2.45, 2.75) is 39.2 Å². The van der Waals surface area contributed by atoms with Gasteiger partial charge in [-0.3, -0.25) is 4.68 Å². The van der Waals surface area contributed by atoms with Gasteiger partial charge in [-0.15, -0.1) is 0 Å². The molecule has 0 amide bonds. The van der Waals surface area contributed by atoms with Crippen LogP contribution in [0.2, 0.25) is 0 Å². The minimum Gasteiger partial charge on any atom is -0.370 e. The van der Waals surface area contributed by atoms with E-state index in [1.165, 1.54) is 24.9 Å². The van der Waals surface area contributed by atoms with Crippen molar-refractivity contribution in [3.63, 3.8) is 0 Å². The number of rotatable bonds is 4. The quantitative estimate of drug-likeness (QED) is 0.488. The van der Waals surface area contributed by atoms with Gasteiger partial charge in [-0.1, -0.05) is 12.1 Å². The number of hydrogen-bond donors (Lipinski definition) is 2. The zero-order chi connectivity index (χ0) is 22.4. The molecule has 1 spiro atoms. The molecule has 4 aromatic rings. The van der Waals surface area contributed by atoms with E-state index in [0.717, 1.165) is 53.8 Å². The van der Waals surface area contributed by atoms with Crippen molar-refractivity contribution in [1.82, 2.24) is 30.0 Å². The largest absolute Gasteiger partial charge is 0.370 e. The maximum Gasteiger partial charge on any atom is 0.228 e. The van der Waals surface area contributed by atoms with Crippen LogP contribution in [0.5, 0.6) is 0 Å². The van der Waals surface area contributed by atoms with Gasteiger partial charge in [0, 0.05) is 36.1 Å². The van der Waals surface area contributed by atoms with Gasteiger partial charge < -0.3 is 15.5 Å². The fourth-order valence-electron chi connectivity index (χ4n) is 5.36. The standard InChI is InChI=1S/C25H30N8/c1-17(2)33-23-19(14-29-33)4-3-18-13-28-24(31-22(18)23)30-21-6-5-20(15-27-21)32-12-9-25(16-32)7-10-26-11-8-25/h3-6,13-15,17,26H,7-12,16H2,1-2H3,(H,27,28,30,31). The normalized spacial score (nSPS) is 18.1. The molecule has 1 aromatic carbocycles. The van der Waals surface area contributed by atoms with Gasteiger partial charge in [0.25, 0.3) is 0 Å². The summed E-state index contributed by atoms with van der Waals surface area (Å²) >= 11 is 0. The second-order valence-corrected chi connectivity index (χ2v) is 9.77. The Morgan fingerprint density at radius 3 is 2.61 bits per heavy atom. The molecule has 0 atom stereocenters. The molecule has 5 heterocycles. The molecule has 6 rings (SSSR count). The maximum atomic E-state index is 4.83. The topological polar surface area (TPSA) is 83.8 Å². The number of fused-ring (bicyclic) bond motifs is 3. The molecular formula is C25H30N8. The molecule has 2 aliphatic heterocycles. The molecule has 0 unspecified atom stereocenters. The summed E-state index contributed by atoms with van der Waals surface area (Å²) in [6, 6.07) is 8.56. The zero-order valence-electron chi connectivity index (χ0n) is 19.3. The summed E-state index contributed by atoms with van der Waals surface area (Å²) < 4.78 is 2.02. The van der Waals surface area contributed by atoms with Gasteiger partial charge in [0.1, 0.15) is 11.3 Å². The van der Waals surface area contributed by atoms with Crippen molar-refractivity contribution in [1.29, 1.82) is 0 Å². The lowest BCUT2D eigenvalue weighted by Gasteiger charge is -2.34. The molecule has 8 heteroatoms. The first kappa shape index (κ1) is 20.4. The van der Waals surface area contributed by atoms with Crippen molar-refractivity contribution in [3.05, 3.63) is 42.9 Å². The smallest absolute Gasteiger partial charge is 0.228 e. The Hall–Kier alpha value is -3.26. The molecule has 33 heavy (non-hydrogen) atoms. The highest BCUT2D eigenvalue weighted by molar-refractivity contribution is 6.03. The lowest BCUT2D eigenvalue weighted by molar-refractivity contribution is 0.232. The molecule has 8 nitrogen and oxygen atoms in total. The van der Waals surface area contributed by atoms with Gasteiger partial charge in [-0.2, -0.15) is 5.10 Å². The summed E-state index contributed by atoms with van der Waals surface area (Å²) in [5, 5.41) is 13.4. The van der Waals surface area contributed by atoms with Crippen molar-refractivity contribution in [3.8, 4) is 0 Å². The second kappa shape index (κ2) is 7.95. The lowest BCUT2D eigenvalue weighted by Crippen LogP contribution is -2.38. The van der Waals surface area contributed by atoms with E-state index in [4.69, 9.17) is 4.98 Å². The third-order valence-electron chi connectivity index (χ3n) is 7.25. The van der Waals surface area contributed by atoms with Crippen molar-refractivity contribution in [2.75, 3.05) is 36.4 Å². The van der Waals surface area contributed by atoms with Gasteiger partial charge in [0.15, 0.2) is 0 Å². The molecule has 0 aliphatic carbocycles. The zero-order valence-corrected chi connectivity index (χ0v) is 19.3. The van der Waals surface area contributed by atoms with Crippen LogP contribution in [-0.2, 0) is 0 Å². The number of hydrogen-bond acceptors (Lipinski definition) is 7. The van der Waals surface area contributed by atoms with Crippen LogP contribution in [0.1, 0.15) is 39.2 Å². The van der Waals surface area contributed by atoms with Crippen LogP contribution < -0.4 is 15.5 Å². The van der Waals surface area contributed by atoms with E-state index in [0.29, 0.717) is 11.4 Å². The molecule has 0 bridgehead atoms. The summed E-state index contributed by atoms with van der Waals surface area (Å²) in [7, 11) is 0. The predicted octanol–water partition coefficient (Wildman–Crippen LogP) is 4.28. The van der Waals surface area contributed by atoms with Gasteiger partial charge in [0.05, 0.1) is 23.6 Å². The fourth-order valence-corrected chi connectivity index (χ4v) is 5.36. The lowest BCUT2D eigenvalue weighted by atomic mass is 9.78. The number of benzene rings is 1. The number of nitrogens with zero attached hydrogens (tertiary/aromatic N) is 6. The summed E-state index contributed by atoms with van der Waals surface area (Å²) in [6.07, 6.45) is 9.56. The second-order valence-electron chi connectivity index (χ2n) is 9.77. The number of aromatic nitrogens is 5. The van der Waals surface area contributed by atoms with Crippen LogP contribution in [-0.4, -0.2) is 50.9 Å². The highest BCUT2D eigenvalue weighted by Crippen LogP contribution is 2.40. The minimum atomic E-state index is 0.253. The predicted molar refractivity (Wildman–Crippen MR) is 132 cm³/mol. The molecule has 2 saturated heterocycles. The highest BCUT2D eigenvalue weighted by Gasteiger charge is 2.38. The van der Waals surface area contributed by atoms with Crippen LogP contribution in [0.15, 0.2) is 42.9 Å². The number of piperidine rings is 1. The fraction of sp³-hybridized carbons (Fsp3) is 0.440. The van der Waals surface area contributed by atoms with Crippen molar-refractivity contribution >= 4 is 39.3 Å².